The molecule has 27 heavy (non-hydrogen) atoms. The van der Waals surface area contributed by atoms with Crippen molar-refractivity contribution in [2.45, 2.75) is 13.8 Å². The first kappa shape index (κ1) is 21.4. The van der Waals surface area contributed by atoms with Crippen LogP contribution in [0.4, 0.5) is 0 Å². The number of rotatable bonds is 4. The third-order valence-corrected chi connectivity index (χ3v) is 4.32. The zero-order valence-electron chi connectivity index (χ0n) is 15.2. The average Bonchev–Trinajstić information content (AvgIpc) is 2.94. The minimum absolute atomic E-state index is 0. The summed E-state index contributed by atoms with van der Waals surface area (Å²) in [5.41, 5.74) is 9.27. The summed E-state index contributed by atoms with van der Waals surface area (Å²) in [4.78, 5) is 0. The van der Waals surface area contributed by atoms with Crippen molar-refractivity contribution in [3.05, 3.63) is 47.5 Å². The molecule has 4 N–H and O–H groups in total. The standard InChI is InChI=1S/C18H20N6S2.Ga/c1-3-19-17(25)23-21-15-12-9-5-7-11-8-6-10-13(14(11)12)16(15)22-24-18(26)20-4-2;/h5-10H,3-4H2,1-2H3,(H2,19,23,25)(H2,20,24,26);/q;+3/b21-15+,22-16+;. The topological polar surface area (TPSA) is 72.8 Å². The van der Waals surface area contributed by atoms with Gasteiger partial charge in [-0.15, -0.1) is 0 Å². The van der Waals surface area contributed by atoms with E-state index in [1.54, 1.807) is 0 Å². The van der Waals surface area contributed by atoms with Crippen LogP contribution in [0.15, 0.2) is 46.6 Å². The Morgan fingerprint density at radius 3 is 1.67 bits per heavy atom. The van der Waals surface area contributed by atoms with Gasteiger partial charge in [0, 0.05) is 29.6 Å². The van der Waals surface area contributed by atoms with E-state index < -0.39 is 0 Å². The summed E-state index contributed by atoms with van der Waals surface area (Å²) in [6.45, 7) is 5.41. The Labute approximate surface area is 182 Å². The van der Waals surface area contributed by atoms with E-state index in [2.05, 4.69) is 43.8 Å². The number of hydrazone groups is 2. The second-order valence-electron chi connectivity index (χ2n) is 5.57. The van der Waals surface area contributed by atoms with Gasteiger partial charge in [-0.05, 0) is 43.7 Å². The van der Waals surface area contributed by atoms with Gasteiger partial charge in [-0.2, -0.15) is 10.2 Å². The maximum Gasteiger partial charge on any atom is 3.00 e. The third-order valence-electron chi connectivity index (χ3n) is 3.85. The molecule has 0 unspecified atom stereocenters. The molecule has 3 rings (SSSR count). The van der Waals surface area contributed by atoms with Gasteiger partial charge in [0.2, 0.25) is 0 Å². The minimum Gasteiger partial charge on any atom is -0.362 e. The van der Waals surface area contributed by atoms with Gasteiger partial charge >= 0.3 is 19.8 Å². The first-order valence-electron chi connectivity index (χ1n) is 8.41. The van der Waals surface area contributed by atoms with Gasteiger partial charge in [-0.3, -0.25) is 10.9 Å². The van der Waals surface area contributed by atoms with Crippen LogP contribution in [0.3, 0.4) is 0 Å². The molecule has 1 aliphatic rings. The number of thiocarbonyl (C=S) groups is 2. The summed E-state index contributed by atoms with van der Waals surface area (Å²) in [5, 5.41) is 18.3. The third kappa shape index (κ3) is 4.67. The van der Waals surface area contributed by atoms with Crippen LogP contribution in [0.25, 0.3) is 10.8 Å². The number of nitrogens with zero attached hydrogens (tertiary/aromatic N) is 2. The molecule has 0 bridgehead atoms. The normalized spacial score (nSPS) is 14.7. The Balaban J connectivity index is 0.00000261. The largest absolute Gasteiger partial charge is 3.00 e. The number of hydrogen-bond donors (Lipinski definition) is 4. The second kappa shape index (κ2) is 9.84. The monoisotopic (exact) mass is 453 g/mol. The van der Waals surface area contributed by atoms with Gasteiger partial charge in [-0.1, -0.05) is 36.4 Å². The molecular formula is C18H20GaN6S2+3. The van der Waals surface area contributed by atoms with Gasteiger partial charge in [0.15, 0.2) is 10.2 Å². The van der Waals surface area contributed by atoms with Crippen LogP contribution < -0.4 is 21.5 Å². The summed E-state index contributed by atoms with van der Waals surface area (Å²) in [5.74, 6) is 0. The van der Waals surface area contributed by atoms with Gasteiger partial charge in [0.25, 0.3) is 0 Å². The van der Waals surface area contributed by atoms with Gasteiger partial charge in [0.05, 0.1) is 0 Å². The maximum atomic E-state index is 5.22. The van der Waals surface area contributed by atoms with E-state index in [-0.39, 0.29) is 19.8 Å². The Bertz CT molecular complexity index is 854. The van der Waals surface area contributed by atoms with Crippen LogP contribution in [0.2, 0.25) is 0 Å². The van der Waals surface area contributed by atoms with Crippen molar-refractivity contribution in [2.24, 2.45) is 10.2 Å². The second-order valence-corrected chi connectivity index (χ2v) is 6.39. The van der Waals surface area contributed by atoms with E-state index in [1.165, 1.54) is 0 Å². The summed E-state index contributed by atoms with van der Waals surface area (Å²) >= 11 is 10.4. The summed E-state index contributed by atoms with van der Waals surface area (Å²) < 4.78 is 0. The van der Waals surface area contributed by atoms with Crippen LogP contribution in [0.5, 0.6) is 0 Å². The van der Waals surface area contributed by atoms with E-state index in [4.69, 9.17) is 24.4 Å². The number of nitrogens with one attached hydrogen (secondary N) is 4. The van der Waals surface area contributed by atoms with Crippen LogP contribution in [-0.4, -0.2) is 54.5 Å². The molecule has 0 saturated heterocycles. The molecule has 2 aromatic carbocycles. The smallest absolute Gasteiger partial charge is 0.362 e. The summed E-state index contributed by atoms with van der Waals surface area (Å²) in [6, 6.07) is 12.3. The van der Waals surface area contributed by atoms with E-state index in [1.807, 2.05) is 38.1 Å². The molecule has 2 aromatic rings. The molecule has 0 atom stereocenters. The Morgan fingerprint density at radius 1 is 0.815 bits per heavy atom. The molecule has 9 heteroatoms. The maximum absolute atomic E-state index is 5.22. The van der Waals surface area contributed by atoms with Crippen molar-refractivity contribution in [1.82, 2.24) is 21.5 Å². The molecule has 0 saturated carbocycles. The Kier molecular flexibility index (Phi) is 7.78. The SMILES string of the molecule is CCNC(=S)N/N=C1/C(=N/NC(=S)NCC)c2cccc3cccc1c23.[Ga+3]. The van der Waals surface area contributed by atoms with Gasteiger partial charge in [-0.25, -0.2) is 0 Å². The van der Waals surface area contributed by atoms with Crippen molar-refractivity contribution in [2.75, 3.05) is 13.1 Å². The quantitative estimate of drug-likeness (QED) is 0.321. The van der Waals surface area contributed by atoms with Crippen molar-refractivity contribution < 1.29 is 0 Å². The molecule has 0 fully saturated rings. The first-order valence-corrected chi connectivity index (χ1v) is 9.23. The predicted molar refractivity (Wildman–Crippen MR) is 122 cm³/mol. The van der Waals surface area contributed by atoms with Crippen LogP contribution >= 0.6 is 24.4 Å². The van der Waals surface area contributed by atoms with Crippen molar-refractivity contribution in [3.63, 3.8) is 0 Å². The van der Waals surface area contributed by atoms with Crippen molar-refractivity contribution >= 4 is 76.6 Å². The van der Waals surface area contributed by atoms with Gasteiger partial charge in [0.1, 0.15) is 11.4 Å². The zero-order valence-corrected chi connectivity index (χ0v) is 19.2. The molecule has 6 nitrogen and oxygen atoms in total. The Morgan fingerprint density at radius 2 is 1.26 bits per heavy atom. The van der Waals surface area contributed by atoms with E-state index in [0.29, 0.717) is 10.2 Å². The minimum atomic E-state index is 0. The number of benzene rings is 2. The van der Waals surface area contributed by atoms with Crippen LogP contribution in [-0.2, 0) is 0 Å². The molecular weight excluding hydrogens is 434 g/mol. The van der Waals surface area contributed by atoms with Crippen LogP contribution in [0.1, 0.15) is 25.0 Å². The molecule has 0 spiro atoms. The fraction of sp³-hybridized carbons (Fsp3) is 0.222. The van der Waals surface area contributed by atoms with E-state index >= 15 is 0 Å². The first-order chi connectivity index (χ1) is 12.7. The molecule has 0 amide bonds. The van der Waals surface area contributed by atoms with Gasteiger partial charge < -0.3 is 10.6 Å². The molecule has 0 aliphatic heterocycles. The van der Waals surface area contributed by atoms with E-state index in [0.717, 1.165) is 46.4 Å². The number of hydrogen-bond acceptors (Lipinski definition) is 4. The summed E-state index contributed by atoms with van der Waals surface area (Å²) in [6.07, 6.45) is 0. The molecule has 0 heterocycles. The van der Waals surface area contributed by atoms with Crippen LogP contribution in [0, 0.1) is 0 Å². The van der Waals surface area contributed by atoms with Crippen molar-refractivity contribution in [3.8, 4) is 0 Å². The summed E-state index contributed by atoms with van der Waals surface area (Å²) in [7, 11) is 0. The van der Waals surface area contributed by atoms with E-state index in [9.17, 15) is 0 Å². The molecule has 0 radical (unpaired) electrons. The molecule has 0 aromatic heterocycles. The average molecular weight is 454 g/mol. The molecule has 134 valence electrons. The Hall–Kier alpha value is -1.94. The molecule has 1 aliphatic carbocycles. The zero-order chi connectivity index (χ0) is 18.5. The fourth-order valence-electron chi connectivity index (χ4n) is 2.83. The van der Waals surface area contributed by atoms with Crippen molar-refractivity contribution in [1.29, 1.82) is 0 Å². The predicted octanol–water partition coefficient (Wildman–Crippen LogP) is 1.85. The fourth-order valence-corrected chi connectivity index (χ4v) is 3.21.